The minimum absolute atomic E-state index is 0.449. The first-order valence-corrected chi connectivity index (χ1v) is 8.08. The van der Waals surface area contributed by atoms with Gasteiger partial charge in [0.05, 0.1) is 6.54 Å². The van der Waals surface area contributed by atoms with E-state index in [-0.39, 0.29) is 0 Å². The van der Waals surface area contributed by atoms with Crippen LogP contribution in [0, 0.1) is 17.8 Å². The van der Waals surface area contributed by atoms with Crippen molar-refractivity contribution in [2.75, 3.05) is 6.54 Å². The van der Waals surface area contributed by atoms with E-state index in [0.29, 0.717) is 10.8 Å². The number of hydrogen-bond acceptors (Lipinski definition) is 3. The smallest absolute Gasteiger partial charge is 0.157 e. The van der Waals surface area contributed by atoms with E-state index in [4.69, 9.17) is 0 Å². The maximum absolute atomic E-state index is 4.66. The van der Waals surface area contributed by atoms with Crippen LogP contribution >= 0.6 is 11.8 Å². The zero-order valence-corrected chi connectivity index (χ0v) is 11.4. The van der Waals surface area contributed by atoms with Crippen molar-refractivity contribution in [1.82, 2.24) is 5.32 Å². The summed E-state index contributed by atoms with van der Waals surface area (Å²) in [6.45, 7) is 3.29. The molecule has 5 aliphatic rings. The summed E-state index contributed by atoms with van der Waals surface area (Å²) in [4.78, 5) is 4.66. The highest BCUT2D eigenvalue weighted by molar-refractivity contribution is 8.14. The fourth-order valence-electron chi connectivity index (χ4n) is 5.04. The van der Waals surface area contributed by atoms with Crippen molar-refractivity contribution in [2.24, 2.45) is 22.7 Å². The Labute approximate surface area is 108 Å². The third-order valence-corrected chi connectivity index (χ3v) is 6.22. The molecule has 1 atom stereocenters. The van der Waals surface area contributed by atoms with Gasteiger partial charge in [0.1, 0.15) is 0 Å². The van der Waals surface area contributed by atoms with E-state index in [0.717, 1.165) is 24.3 Å². The Balaban J connectivity index is 1.53. The number of nitrogens with zero attached hydrogens (tertiary/aromatic N) is 1. The van der Waals surface area contributed by atoms with Gasteiger partial charge in [0, 0.05) is 10.8 Å². The second kappa shape index (κ2) is 3.66. The molecule has 1 unspecified atom stereocenters. The van der Waals surface area contributed by atoms with Crippen molar-refractivity contribution < 1.29 is 0 Å². The number of aliphatic imine (C=N–C) groups is 1. The van der Waals surface area contributed by atoms with Crippen molar-refractivity contribution in [3.8, 4) is 0 Å². The topological polar surface area (TPSA) is 24.4 Å². The lowest BCUT2D eigenvalue weighted by Crippen LogP contribution is -2.59. The zero-order chi connectivity index (χ0) is 11.5. The van der Waals surface area contributed by atoms with Crippen LogP contribution in [0.15, 0.2) is 4.99 Å². The molecule has 1 heterocycles. The fourth-order valence-corrected chi connectivity index (χ4v) is 5.99. The van der Waals surface area contributed by atoms with E-state index in [2.05, 4.69) is 17.2 Å². The average molecular weight is 250 g/mol. The van der Waals surface area contributed by atoms with Gasteiger partial charge in [-0.1, -0.05) is 18.7 Å². The summed E-state index contributed by atoms with van der Waals surface area (Å²) in [6, 6.07) is 0. The molecular weight excluding hydrogens is 228 g/mol. The molecule has 4 aliphatic carbocycles. The van der Waals surface area contributed by atoms with Gasteiger partial charge in [-0.2, -0.15) is 0 Å². The minimum atomic E-state index is 0.449. The summed E-state index contributed by atoms with van der Waals surface area (Å²) in [5.41, 5.74) is 0.449. The van der Waals surface area contributed by atoms with E-state index in [1.165, 1.54) is 43.7 Å². The molecule has 4 bridgehead atoms. The van der Waals surface area contributed by atoms with E-state index < -0.39 is 0 Å². The second-order valence-corrected chi connectivity index (χ2v) is 8.32. The van der Waals surface area contributed by atoms with Crippen LogP contribution in [-0.2, 0) is 0 Å². The van der Waals surface area contributed by atoms with Gasteiger partial charge in [-0.15, -0.1) is 0 Å². The van der Waals surface area contributed by atoms with Crippen LogP contribution in [0.2, 0.25) is 0 Å². The van der Waals surface area contributed by atoms with Crippen LogP contribution in [0.3, 0.4) is 0 Å². The third-order valence-electron chi connectivity index (χ3n) is 5.22. The van der Waals surface area contributed by atoms with E-state index in [9.17, 15) is 0 Å². The Kier molecular flexibility index (Phi) is 2.31. The quantitative estimate of drug-likeness (QED) is 0.773. The van der Waals surface area contributed by atoms with Crippen LogP contribution in [0.1, 0.15) is 45.4 Å². The van der Waals surface area contributed by atoms with Gasteiger partial charge in [0.15, 0.2) is 5.17 Å². The van der Waals surface area contributed by atoms with Crippen LogP contribution in [0.5, 0.6) is 0 Å². The first-order valence-electron chi connectivity index (χ1n) is 7.20. The highest BCUT2D eigenvalue weighted by atomic mass is 32.2. The van der Waals surface area contributed by atoms with Gasteiger partial charge >= 0.3 is 0 Å². The van der Waals surface area contributed by atoms with Crippen LogP contribution in [-0.4, -0.2) is 22.5 Å². The second-order valence-electron chi connectivity index (χ2n) is 6.90. The molecule has 0 spiro atoms. The number of nitrogens with one attached hydrogen (secondary N) is 1. The minimum Gasteiger partial charge on any atom is -0.359 e. The molecular formula is C14H22N2S. The molecule has 4 saturated carbocycles. The van der Waals surface area contributed by atoms with Crippen LogP contribution < -0.4 is 5.32 Å². The fraction of sp³-hybridized carbons (Fsp3) is 0.929. The number of thioether (sulfide) groups is 1. The molecule has 0 amide bonds. The normalized spacial score (nSPS) is 51.7. The van der Waals surface area contributed by atoms with Gasteiger partial charge < -0.3 is 5.32 Å². The van der Waals surface area contributed by atoms with Crippen molar-refractivity contribution in [2.45, 2.75) is 56.2 Å². The molecule has 0 aromatic heterocycles. The first-order chi connectivity index (χ1) is 8.21. The SMILES string of the molecule is CC1CN=C(NC23CC4CC(CC(C4)C2)C3)S1. The van der Waals surface area contributed by atoms with Crippen molar-refractivity contribution in [3.05, 3.63) is 0 Å². The summed E-state index contributed by atoms with van der Waals surface area (Å²) in [5, 5.41) is 5.80. The lowest BCUT2D eigenvalue weighted by atomic mass is 9.53. The Bertz CT molecular complexity index is 328. The highest BCUT2D eigenvalue weighted by Crippen LogP contribution is 2.55. The maximum atomic E-state index is 4.66. The predicted octanol–water partition coefficient (Wildman–Crippen LogP) is 3.04. The number of amidine groups is 1. The van der Waals surface area contributed by atoms with E-state index >= 15 is 0 Å². The molecule has 17 heavy (non-hydrogen) atoms. The molecule has 1 N–H and O–H groups in total. The van der Waals surface area contributed by atoms with Crippen LogP contribution in [0.25, 0.3) is 0 Å². The van der Waals surface area contributed by atoms with Gasteiger partial charge in [-0.3, -0.25) is 4.99 Å². The summed E-state index contributed by atoms with van der Waals surface area (Å²) < 4.78 is 0. The third kappa shape index (κ3) is 1.81. The summed E-state index contributed by atoms with van der Waals surface area (Å²) in [7, 11) is 0. The Hall–Kier alpha value is -0.180. The highest BCUT2D eigenvalue weighted by Gasteiger charge is 2.51. The summed E-state index contributed by atoms with van der Waals surface area (Å²) in [5.74, 6) is 3.08. The van der Waals surface area contributed by atoms with Crippen LogP contribution in [0.4, 0.5) is 0 Å². The Morgan fingerprint density at radius 3 is 2.18 bits per heavy atom. The average Bonchev–Trinajstić information content (AvgIpc) is 2.60. The van der Waals surface area contributed by atoms with Gasteiger partial charge in [0.25, 0.3) is 0 Å². The standard InChI is InChI=1S/C14H22N2S/c1-9-8-15-13(17-9)16-14-5-10-2-11(6-14)4-12(3-10)7-14/h9-12H,2-8H2,1H3,(H,15,16). The number of hydrogen-bond donors (Lipinski definition) is 1. The molecule has 0 radical (unpaired) electrons. The van der Waals surface area contributed by atoms with Gasteiger partial charge in [-0.25, -0.2) is 0 Å². The summed E-state index contributed by atoms with van der Waals surface area (Å²) in [6.07, 6.45) is 8.84. The van der Waals surface area contributed by atoms with E-state index in [1.807, 2.05) is 11.8 Å². The predicted molar refractivity (Wildman–Crippen MR) is 73.4 cm³/mol. The van der Waals surface area contributed by atoms with Crippen molar-refractivity contribution in [3.63, 3.8) is 0 Å². The first kappa shape index (κ1) is 10.7. The number of rotatable bonds is 1. The molecule has 0 aromatic carbocycles. The monoisotopic (exact) mass is 250 g/mol. The van der Waals surface area contributed by atoms with Gasteiger partial charge in [-0.05, 0) is 56.3 Å². The molecule has 0 aromatic rings. The zero-order valence-electron chi connectivity index (χ0n) is 10.6. The lowest BCUT2D eigenvalue weighted by molar-refractivity contribution is -0.00962. The maximum Gasteiger partial charge on any atom is 0.157 e. The largest absolute Gasteiger partial charge is 0.359 e. The summed E-state index contributed by atoms with van der Waals surface area (Å²) >= 11 is 1.95. The molecule has 3 heteroatoms. The Morgan fingerprint density at radius 1 is 1.12 bits per heavy atom. The molecule has 4 fully saturated rings. The lowest BCUT2D eigenvalue weighted by Gasteiger charge is -2.57. The molecule has 1 aliphatic heterocycles. The Morgan fingerprint density at radius 2 is 1.71 bits per heavy atom. The van der Waals surface area contributed by atoms with E-state index in [1.54, 1.807) is 0 Å². The van der Waals surface area contributed by atoms with Crippen molar-refractivity contribution >= 4 is 16.9 Å². The van der Waals surface area contributed by atoms with Gasteiger partial charge in [0.2, 0.25) is 0 Å². The molecule has 2 nitrogen and oxygen atoms in total. The molecule has 0 saturated heterocycles. The molecule has 5 rings (SSSR count). The van der Waals surface area contributed by atoms with Crippen molar-refractivity contribution in [1.29, 1.82) is 0 Å². The molecule has 94 valence electrons.